The molecule has 0 radical (unpaired) electrons. The molecule has 5 rings (SSSR count). The lowest BCUT2D eigenvalue weighted by Gasteiger charge is -2.37. The summed E-state index contributed by atoms with van der Waals surface area (Å²) in [5.41, 5.74) is 2.02. The van der Waals surface area contributed by atoms with Gasteiger partial charge in [-0.3, -0.25) is 9.36 Å². The van der Waals surface area contributed by atoms with Gasteiger partial charge >= 0.3 is 0 Å². The number of hydrogen-bond donors (Lipinski definition) is 1. The van der Waals surface area contributed by atoms with Crippen LogP contribution in [0.5, 0.6) is 0 Å². The van der Waals surface area contributed by atoms with E-state index in [1.807, 2.05) is 29.0 Å². The van der Waals surface area contributed by atoms with Crippen LogP contribution in [0.25, 0.3) is 12.2 Å². The highest BCUT2D eigenvalue weighted by Crippen LogP contribution is 2.48. The lowest BCUT2D eigenvalue weighted by atomic mass is 10.0. The van der Waals surface area contributed by atoms with Crippen LogP contribution in [0, 0.1) is 0 Å². The first kappa shape index (κ1) is 23.3. The van der Waals surface area contributed by atoms with Gasteiger partial charge in [0.05, 0.1) is 6.61 Å². The van der Waals surface area contributed by atoms with Gasteiger partial charge < -0.3 is 19.3 Å². The van der Waals surface area contributed by atoms with Gasteiger partial charge in [0.1, 0.15) is 0 Å². The molecule has 1 aromatic heterocycles. The summed E-state index contributed by atoms with van der Waals surface area (Å²) in [6.45, 7) is 9.02. The van der Waals surface area contributed by atoms with Crippen molar-refractivity contribution in [2.45, 2.75) is 51.1 Å². The van der Waals surface area contributed by atoms with E-state index in [9.17, 15) is 9.36 Å². The van der Waals surface area contributed by atoms with Crippen molar-refractivity contribution in [3.05, 3.63) is 44.2 Å². The molecule has 7 nitrogen and oxygen atoms in total. The highest BCUT2D eigenvalue weighted by Gasteiger charge is 2.32. The molecule has 0 aromatic carbocycles. The summed E-state index contributed by atoms with van der Waals surface area (Å²) in [6.07, 6.45) is 14.7. The van der Waals surface area contributed by atoms with Crippen molar-refractivity contribution in [2.75, 3.05) is 52.5 Å². The highest BCUT2D eigenvalue weighted by atomic mass is 31.2. The maximum absolute atomic E-state index is 13.5. The predicted molar refractivity (Wildman–Crippen MR) is 133 cm³/mol. The second-order valence-electron chi connectivity index (χ2n) is 9.86. The third kappa shape index (κ3) is 5.13. The molecule has 8 heteroatoms. The van der Waals surface area contributed by atoms with Crippen LogP contribution < -0.4 is 16.0 Å². The van der Waals surface area contributed by atoms with Crippen LogP contribution in [0.15, 0.2) is 16.9 Å². The number of pyridine rings is 1. The normalized spacial score (nSPS) is 24.4. The number of allylic oxidation sites excluding steroid dienone is 2. The monoisotopic (exact) mass is 472 g/mol. The maximum atomic E-state index is 13.5. The quantitative estimate of drug-likeness (QED) is 0.636. The lowest BCUT2D eigenvalue weighted by molar-refractivity contribution is 0.112. The van der Waals surface area contributed by atoms with Gasteiger partial charge in [0.2, 0.25) is 0 Å². The van der Waals surface area contributed by atoms with Crippen molar-refractivity contribution >= 4 is 19.7 Å². The third-order valence-electron chi connectivity index (χ3n) is 7.77. The van der Waals surface area contributed by atoms with Crippen molar-refractivity contribution in [3.63, 3.8) is 0 Å². The van der Waals surface area contributed by atoms with E-state index in [1.165, 1.54) is 38.8 Å². The van der Waals surface area contributed by atoms with Crippen molar-refractivity contribution in [2.24, 2.45) is 0 Å². The fourth-order valence-corrected chi connectivity index (χ4v) is 7.24. The first-order valence-electron chi connectivity index (χ1n) is 12.6. The van der Waals surface area contributed by atoms with E-state index >= 15 is 0 Å². The molecule has 1 aliphatic carbocycles. The number of aromatic amines is 1. The lowest BCUT2D eigenvalue weighted by Crippen LogP contribution is -2.47. The number of nitrogens with zero attached hydrogens (tertiary/aromatic N) is 3. The van der Waals surface area contributed by atoms with E-state index in [0.29, 0.717) is 26.1 Å². The van der Waals surface area contributed by atoms with Crippen LogP contribution >= 0.6 is 7.52 Å². The number of H-pyrrole nitrogens is 1. The van der Waals surface area contributed by atoms with Crippen LogP contribution in [-0.4, -0.2) is 78.0 Å². The minimum atomic E-state index is -2.91. The number of likely N-dealkylation sites (tertiary alicyclic amines) is 2. The summed E-state index contributed by atoms with van der Waals surface area (Å²) in [5, 5.41) is 1.69. The average Bonchev–Trinajstić information content (AvgIpc) is 3.23. The molecule has 4 heterocycles. The van der Waals surface area contributed by atoms with Crippen LogP contribution in [-0.2, 0) is 22.1 Å². The fraction of sp³-hybridized carbons (Fsp3) is 0.640. The first-order valence-corrected chi connectivity index (χ1v) is 14.6. The zero-order valence-corrected chi connectivity index (χ0v) is 20.7. The van der Waals surface area contributed by atoms with Gasteiger partial charge in [-0.1, -0.05) is 24.3 Å². The Morgan fingerprint density at radius 3 is 2.70 bits per heavy atom. The van der Waals surface area contributed by atoms with Gasteiger partial charge in [-0.25, -0.2) is 4.67 Å². The van der Waals surface area contributed by atoms with Crippen molar-refractivity contribution in [1.29, 1.82) is 0 Å². The van der Waals surface area contributed by atoms with E-state index in [2.05, 4.69) is 14.8 Å². The molecule has 33 heavy (non-hydrogen) atoms. The highest BCUT2D eigenvalue weighted by molar-refractivity contribution is 7.55. The van der Waals surface area contributed by atoms with E-state index in [-0.39, 0.29) is 5.56 Å². The number of piperidine rings is 1. The Morgan fingerprint density at radius 2 is 1.91 bits per heavy atom. The average molecular weight is 473 g/mol. The second kappa shape index (κ2) is 10.0. The molecule has 0 bridgehead atoms. The van der Waals surface area contributed by atoms with Gasteiger partial charge in [-0.05, 0) is 69.1 Å². The van der Waals surface area contributed by atoms with Crippen LogP contribution in [0.4, 0.5) is 0 Å². The summed E-state index contributed by atoms with van der Waals surface area (Å²) >= 11 is 0. The maximum Gasteiger partial charge on any atom is 0.269 e. The smallest absolute Gasteiger partial charge is 0.269 e. The number of aromatic nitrogens is 1. The molecule has 0 spiro atoms. The summed E-state index contributed by atoms with van der Waals surface area (Å²) in [7, 11) is -2.91. The molecule has 0 saturated carbocycles. The molecule has 4 aliphatic rings. The molecule has 1 aromatic rings. The van der Waals surface area contributed by atoms with Gasteiger partial charge in [0.25, 0.3) is 13.1 Å². The topological polar surface area (TPSA) is 68.9 Å². The first-order chi connectivity index (χ1) is 16.0. The summed E-state index contributed by atoms with van der Waals surface area (Å²) in [6, 6.07) is 0.751. The molecule has 1 unspecified atom stereocenters. The van der Waals surface area contributed by atoms with Gasteiger partial charge in [0.15, 0.2) is 0 Å². The SMILES string of the molecule is CP(=O)(OCCN1CCC(N2CCCC2)CC1)N1CCc2[nH]c(=O)c3c(c2C1)=CC=CCC=3. The van der Waals surface area contributed by atoms with Crippen LogP contribution in [0.1, 0.15) is 43.4 Å². The number of nitrogens with one attached hydrogen (secondary N) is 1. The number of hydrogen-bond acceptors (Lipinski definition) is 5. The largest absolute Gasteiger partial charge is 0.325 e. The molecule has 1 atom stereocenters. The molecule has 1 N–H and O–H groups in total. The van der Waals surface area contributed by atoms with Crippen LogP contribution in [0.3, 0.4) is 0 Å². The molecule has 3 aliphatic heterocycles. The van der Waals surface area contributed by atoms with E-state index < -0.39 is 7.52 Å². The third-order valence-corrected chi connectivity index (χ3v) is 9.80. The summed E-state index contributed by atoms with van der Waals surface area (Å²) in [4.78, 5) is 20.7. The van der Waals surface area contributed by atoms with E-state index in [0.717, 1.165) is 53.8 Å². The summed E-state index contributed by atoms with van der Waals surface area (Å²) in [5.74, 6) is 0. The molecular weight excluding hydrogens is 435 g/mol. The Balaban J connectivity index is 1.18. The molecule has 2 saturated heterocycles. The van der Waals surface area contributed by atoms with E-state index in [4.69, 9.17) is 4.52 Å². The van der Waals surface area contributed by atoms with Crippen molar-refractivity contribution in [3.8, 4) is 0 Å². The van der Waals surface area contributed by atoms with Gasteiger partial charge in [0, 0.05) is 49.7 Å². The Morgan fingerprint density at radius 1 is 1.12 bits per heavy atom. The number of rotatable bonds is 6. The van der Waals surface area contributed by atoms with Gasteiger partial charge in [-0.15, -0.1) is 0 Å². The van der Waals surface area contributed by atoms with Crippen LogP contribution in [0.2, 0.25) is 0 Å². The Bertz CT molecular complexity index is 1110. The Hall–Kier alpha value is -1.50. The van der Waals surface area contributed by atoms with E-state index in [1.54, 1.807) is 6.66 Å². The molecular formula is C25H37N4O3P. The molecule has 0 amide bonds. The van der Waals surface area contributed by atoms with Crippen molar-refractivity contribution < 1.29 is 9.09 Å². The zero-order valence-electron chi connectivity index (χ0n) is 19.8. The Kier molecular flexibility index (Phi) is 7.05. The predicted octanol–water partition coefficient (Wildman–Crippen LogP) is 1.65. The zero-order chi connectivity index (χ0) is 22.8. The molecule has 2 fully saturated rings. The Labute approximate surface area is 196 Å². The number of fused-ring (bicyclic) bond motifs is 3. The molecule has 180 valence electrons. The fourth-order valence-electron chi connectivity index (χ4n) is 5.79. The summed E-state index contributed by atoms with van der Waals surface area (Å²) < 4.78 is 21.5. The van der Waals surface area contributed by atoms with Crippen molar-refractivity contribution in [1.82, 2.24) is 19.5 Å². The minimum absolute atomic E-state index is 0.0263. The van der Waals surface area contributed by atoms with Gasteiger partial charge in [-0.2, -0.15) is 0 Å². The standard InChI is InChI=1S/C25H37N4O3P/c1-33(31,32-18-17-27-14-9-20(10-15-27)28-12-5-6-13-28)29-16-11-24-23(19-29)21-7-3-2-4-8-22(21)25(30)26-24/h2-3,7-8,20H,4-6,9-19H2,1H3,(H,26,30). The minimum Gasteiger partial charge on any atom is -0.325 e. The second-order valence-corrected chi connectivity index (χ2v) is 12.3.